The van der Waals surface area contributed by atoms with Gasteiger partial charge in [0.2, 0.25) is 0 Å². The van der Waals surface area contributed by atoms with E-state index in [0.29, 0.717) is 0 Å². The van der Waals surface area contributed by atoms with Gasteiger partial charge in [0.15, 0.2) is 9.84 Å². The summed E-state index contributed by atoms with van der Waals surface area (Å²) in [5.41, 5.74) is 0.910. The summed E-state index contributed by atoms with van der Waals surface area (Å²) in [6.07, 6.45) is 1.26. The Morgan fingerprint density at radius 2 is 2.00 bits per heavy atom. The molecule has 4 heteroatoms. The molecule has 74 valence electrons. The number of hydrogen-bond donors (Lipinski definition) is 0. The van der Waals surface area contributed by atoms with E-state index in [1.807, 2.05) is 29.6 Å². The van der Waals surface area contributed by atoms with E-state index < -0.39 is 9.84 Å². The van der Waals surface area contributed by atoms with E-state index in [0.717, 1.165) is 15.6 Å². The number of fused-ring (bicyclic) bond motifs is 1. The Labute approximate surface area is 87.1 Å². The van der Waals surface area contributed by atoms with E-state index in [4.69, 9.17) is 0 Å². The first-order chi connectivity index (χ1) is 6.56. The van der Waals surface area contributed by atoms with E-state index in [-0.39, 0.29) is 5.75 Å². The Hall–Kier alpha value is -0.870. The van der Waals surface area contributed by atoms with Crippen LogP contribution in [0.5, 0.6) is 0 Å². The van der Waals surface area contributed by atoms with Crippen molar-refractivity contribution in [2.75, 3.05) is 6.26 Å². The first-order valence-electron chi connectivity index (χ1n) is 4.19. The molecule has 2 nitrogen and oxygen atoms in total. The molecule has 14 heavy (non-hydrogen) atoms. The lowest BCUT2D eigenvalue weighted by Crippen LogP contribution is -1.99. The van der Waals surface area contributed by atoms with E-state index >= 15 is 0 Å². The first kappa shape index (κ1) is 9.68. The summed E-state index contributed by atoms with van der Waals surface area (Å²) < 4.78 is 23.4. The van der Waals surface area contributed by atoms with Gasteiger partial charge in [-0.1, -0.05) is 18.2 Å². The van der Waals surface area contributed by atoms with Gasteiger partial charge in [-0.15, -0.1) is 11.3 Å². The lowest BCUT2D eigenvalue weighted by molar-refractivity contribution is 0.601. The number of sulfone groups is 1. The molecule has 2 aromatic rings. The van der Waals surface area contributed by atoms with Gasteiger partial charge in [0.05, 0.1) is 5.75 Å². The van der Waals surface area contributed by atoms with Crippen LogP contribution in [0.3, 0.4) is 0 Å². The minimum atomic E-state index is -2.93. The molecule has 0 saturated carbocycles. The highest BCUT2D eigenvalue weighted by Crippen LogP contribution is 2.26. The third-order valence-corrected chi connectivity index (χ3v) is 3.83. The quantitative estimate of drug-likeness (QED) is 0.788. The molecule has 1 heterocycles. The SMILES string of the molecule is CS(=O)(=O)Cc1csc2ccccc12. The predicted octanol–water partition coefficient (Wildman–Crippen LogP) is 2.45. The van der Waals surface area contributed by atoms with Crippen LogP contribution in [0.2, 0.25) is 0 Å². The van der Waals surface area contributed by atoms with Gasteiger partial charge in [-0.3, -0.25) is 0 Å². The molecule has 0 saturated heterocycles. The van der Waals surface area contributed by atoms with Crippen molar-refractivity contribution in [1.29, 1.82) is 0 Å². The van der Waals surface area contributed by atoms with Crippen LogP contribution >= 0.6 is 11.3 Å². The molecule has 0 bridgehead atoms. The number of benzene rings is 1. The summed E-state index contributed by atoms with van der Waals surface area (Å²) >= 11 is 1.59. The minimum Gasteiger partial charge on any atom is -0.229 e. The Morgan fingerprint density at radius 3 is 2.71 bits per heavy atom. The summed E-state index contributed by atoms with van der Waals surface area (Å²) in [4.78, 5) is 0. The van der Waals surface area contributed by atoms with Crippen molar-refractivity contribution >= 4 is 31.3 Å². The second kappa shape index (κ2) is 3.37. The summed E-state index contributed by atoms with van der Waals surface area (Å²) in [7, 11) is -2.93. The van der Waals surface area contributed by atoms with Crippen molar-refractivity contribution in [3.63, 3.8) is 0 Å². The molecule has 0 unspecified atom stereocenters. The molecule has 2 rings (SSSR count). The fraction of sp³-hybridized carbons (Fsp3) is 0.200. The Morgan fingerprint density at radius 1 is 1.29 bits per heavy atom. The van der Waals surface area contributed by atoms with Crippen LogP contribution in [-0.2, 0) is 15.6 Å². The summed E-state index contributed by atoms with van der Waals surface area (Å²) in [5, 5.41) is 2.98. The fourth-order valence-corrected chi connectivity index (χ4v) is 3.30. The molecule has 0 N–H and O–H groups in total. The van der Waals surface area contributed by atoms with Crippen LogP contribution < -0.4 is 0 Å². The molecule has 0 radical (unpaired) electrons. The molecule has 0 amide bonds. The number of rotatable bonds is 2. The van der Waals surface area contributed by atoms with Crippen LogP contribution in [0.1, 0.15) is 5.56 Å². The largest absolute Gasteiger partial charge is 0.229 e. The number of thiophene rings is 1. The lowest BCUT2D eigenvalue weighted by Gasteiger charge is -1.96. The van der Waals surface area contributed by atoms with Crippen molar-refractivity contribution in [3.05, 3.63) is 35.2 Å². The fourth-order valence-electron chi connectivity index (χ4n) is 1.43. The monoisotopic (exact) mass is 226 g/mol. The van der Waals surface area contributed by atoms with Crippen LogP contribution in [-0.4, -0.2) is 14.7 Å². The third-order valence-electron chi connectivity index (χ3n) is 1.98. The Kier molecular flexibility index (Phi) is 2.33. The number of hydrogen-bond acceptors (Lipinski definition) is 3. The van der Waals surface area contributed by atoms with E-state index in [1.54, 1.807) is 11.3 Å². The second-order valence-electron chi connectivity index (χ2n) is 3.33. The second-order valence-corrected chi connectivity index (χ2v) is 6.38. The zero-order valence-electron chi connectivity index (χ0n) is 7.73. The zero-order valence-corrected chi connectivity index (χ0v) is 9.36. The van der Waals surface area contributed by atoms with E-state index in [2.05, 4.69) is 0 Å². The highest BCUT2D eigenvalue weighted by molar-refractivity contribution is 7.89. The topological polar surface area (TPSA) is 34.1 Å². The normalized spacial score (nSPS) is 12.1. The van der Waals surface area contributed by atoms with Crippen LogP contribution in [0.15, 0.2) is 29.6 Å². The Balaban J connectivity index is 2.54. The van der Waals surface area contributed by atoms with Crippen LogP contribution in [0.4, 0.5) is 0 Å². The molecule has 1 aromatic carbocycles. The maximum atomic E-state index is 11.1. The molecule has 0 aliphatic carbocycles. The molecule has 0 atom stereocenters. The molecular weight excluding hydrogens is 216 g/mol. The molecule has 0 aliphatic rings. The molecule has 0 spiro atoms. The van der Waals surface area contributed by atoms with Gasteiger partial charge in [-0.05, 0) is 22.4 Å². The molecule has 1 aromatic heterocycles. The van der Waals surface area contributed by atoms with Gasteiger partial charge < -0.3 is 0 Å². The average Bonchev–Trinajstić information content (AvgIpc) is 2.47. The van der Waals surface area contributed by atoms with Gasteiger partial charge in [0.25, 0.3) is 0 Å². The van der Waals surface area contributed by atoms with Gasteiger partial charge in [-0.2, -0.15) is 0 Å². The maximum Gasteiger partial charge on any atom is 0.151 e. The Bertz CT molecular complexity index is 552. The maximum absolute atomic E-state index is 11.1. The van der Waals surface area contributed by atoms with Crippen molar-refractivity contribution in [1.82, 2.24) is 0 Å². The van der Waals surface area contributed by atoms with Crippen LogP contribution in [0, 0.1) is 0 Å². The summed E-state index contributed by atoms with van der Waals surface area (Å²) in [6.45, 7) is 0. The molecule has 0 aliphatic heterocycles. The third kappa shape index (κ3) is 1.96. The van der Waals surface area contributed by atoms with Gasteiger partial charge in [0, 0.05) is 11.0 Å². The van der Waals surface area contributed by atoms with Gasteiger partial charge in [0.1, 0.15) is 0 Å². The van der Waals surface area contributed by atoms with Crippen molar-refractivity contribution in [2.24, 2.45) is 0 Å². The van der Waals surface area contributed by atoms with Crippen LogP contribution in [0.25, 0.3) is 10.1 Å². The smallest absolute Gasteiger partial charge is 0.151 e. The molecule has 0 fully saturated rings. The standard InChI is InChI=1S/C10H10O2S2/c1-14(11,12)7-8-6-13-10-5-3-2-4-9(8)10/h2-6H,7H2,1H3. The van der Waals surface area contributed by atoms with Crippen molar-refractivity contribution in [3.8, 4) is 0 Å². The summed E-state index contributed by atoms with van der Waals surface area (Å²) in [6, 6.07) is 7.86. The van der Waals surface area contributed by atoms with Crippen molar-refractivity contribution < 1.29 is 8.42 Å². The molecular formula is C10H10O2S2. The van der Waals surface area contributed by atoms with Crippen molar-refractivity contribution in [2.45, 2.75) is 5.75 Å². The highest BCUT2D eigenvalue weighted by atomic mass is 32.2. The average molecular weight is 226 g/mol. The highest BCUT2D eigenvalue weighted by Gasteiger charge is 2.09. The predicted molar refractivity (Wildman–Crippen MR) is 60.4 cm³/mol. The minimum absolute atomic E-state index is 0.136. The van der Waals surface area contributed by atoms with Gasteiger partial charge in [-0.25, -0.2) is 8.42 Å². The zero-order chi connectivity index (χ0) is 10.2. The van der Waals surface area contributed by atoms with E-state index in [1.165, 1.54) is 6.26 Å². The first-order valence-corrected chi connectivity index (χ1v) is 7.13. The lowest BCUT2D eigenvalue weighted by atomic mass is 10.2. The summed E-state index contributed by atoms with van der Waals surface area (Å²) in [5.74, 6) is 0.136. The van der Waals surface area contributed by atoms with Gasteiger partial charge >= 0.3 is 0 Å². The van der Waals surface area contributed by atoms with E-state index in [9.17, 15) is 8.42 Å².